The van der Waals surface area contributed by atoms with E-state index in [1.807, 2.05) is 18.2 Å². The molecule has 2 nitrogen and oxygen atoms in total. The molecule has 0 amide bonds. The second-order valence-electron chi connectivity index (χ2n) is 4.74. The second-order valence-corrected chi connectivity index (χ2v) is 4.74. The summed E-state index contributed by atoms with van der Waals surface area (Å²) < 4.78 is 5.54. The maximum absolute atomic E-state index is 5.54. The zero-order chi connectivity index (χ0) is 13.4. The zero-order valence-electron chi connectivity index (χ0n) is 11.6. The van der Waals surface area contributed by atoms with Gasteiger partial charge in [0.1, 0.15) is 12.4 Å². The molecule has 0 aliphatic carbocycles. The number of para-hydroxylation sites is 1. The molecule has 1 rings (SSSR count). The van der Waals surface area contributed by atoms with Crippen LogP contribution in [0.5, 0.6) is 5.75 Å². The van der Waals surface area contributed by atoms with E-state index < -0.39 is 0 Å². The lowest BCUT2D eigenvalue weighted by Gasteiger charge is -2.21. The monoisotopic (exact) mass is 245 g/mol. The van der Waals surface area contributed by atoms with Crippen molar-refractivity contribution in [3.8, 4) is 18.1 Å². The zero-order valence-corrected chi connectivity index (χ0v) is 11.6. The third-order valence-electron chi connectivity index (χ3n) is 3.08. The minimum Gasteiger partial charge on any atom is -0.481 e. The number of hydrogen-bond donors (Lipinski definition) is 1. The van der Waals surface area contributed by atoms with Gasteiger partial charge >= 0.3 is 0 Å². The topological polar surface area (TPSA) is 21.3 Å². The maximum Gasteiger partial charge on any atom is 0.148 e. The third kappa shape index (κ3) is 4.43. The molecule has 0 spiro atoms. The highest BCUT2D eigenvalue weighted by molar-refractivity contribution is 5.33. The number of terminal acetylenes is 1. The summed E-state index contributed by atoms with van der Waals surface area (Å²) in [5.41, 5.74) is 1.16. The Balaban J connectivity index is 2.63. The van der Waals surface area contributed by atoms with E-state index in [1.54, 1.807) is 0 Å². The van der Waals surface area contributed by atoms with Crippen molar-refractivity contribution in [3.63, 3.8) is 0 Å². The molecule has 0 heterocycles. The number of hydrogen-bond acceptors (Lipinski definition) is 2. The van der Waals surface area contributed by atoms with Crippen LogP contribution >= 0.6 is 0 Å². The molecule has 1 atom stereocenters. The Hall–Kier alpha value is -1.46. The van der Waals surface area contributed by atoms with Gasteiger partial charge < -0.3 is 10.1 Å². The third-order valence-corrected chi connectivity index (χ3v) is 3.08. The van der Waals surface area contributed by atoms with Crippen LogP contribution in [0.1, 0.15) is 32.8 Å². The van der Waals surface area contributed by atoms with Gasteiger partial charge in [-0.3, -0.25) is 0 Å². The van der Waals surface area contributed by atoms with Crippen LogP contribution < -0.4 is 10.1 Å². The van der Waals surface area contributed by atoms with Crippen molar-refractivity contribution < 1.29 is 4.74 Å². The summed E-state index contributed by atoms with van der Waals surface area (Å²) in [6, 6.07) is 8.56. The molecule has 1 unspecified atom stereocenters. The lowest BCUT2D eigenvalue weighted by atomic mass is 10.0. The Morgan fingerprint density at radius 1 is 1.33 bits per heavy atom. The highest BCUT2D eigenvalue weighted by atomic mass is 16.5. The molecule has 18 heavy (non-hydrogen) atoms. The fraction of sp³-hybridized carbons (Fsp3) is 0.500. The average molecular weight is 245 g/mol. The van der Waals surface area contributed by atoms with Gasteiger partial charge in [0.15, 0.2) is 0 Å². The molecule has 0 bridgehead atoms. The molecule has 1 aromatic carbocycles. The molecule has 98 valence electrons. The van der Waals surface area contributed by atoms with E-state index in [-0.39, 0.29) is 0 Å². The first-order valence-electron chi connectivity index (χ1n) is 6.56. The Kier molecular flexibility index (Phi) is 6.32. The summed E-state index contributed by atoms with van der Waals surface area (Å²) in [6.45, 7) is 7.82. The normalized spacial score (nSPS) is 12.2. The Morgan fingerprint density at radius 3 is 2.67 bits per heavy atom. The van der Waals surface area contributed by atoms with E-state index in [0.717, 1.165) is 24.3 Å². The Morgan fingerprint density at radius 2 is 2.06 bits per heavy atom. The van der Waals surface area contributed by atoms with Gasteiger partial charge in [0, 0.05) is 18.2 Å². The average Bonchev–Trinajstić information content (AvgIpc) is 2.38. The van der Waals surface area contributed by atoms with Crippen molar-refractivity contribution >= 4 is 0 Å². The summed E-state index contributed by atoms with van der Waals surface area (Å²) in [5, 5.41) is 3.57. The number of nitrogens with one attached hydrogen (secondary N) is 1. The van der Waals surface area contributed by atoms with Gasteiger partial charge in [-0.2, -0.15) is 0 Å². The van der Waals surface area contributed by atoms with Crippen LogP contribution in [0.25, 0.3) is 0 Å². The predicted octanol–water partition coefficient (Wildman–Crippen LogP) is 3.22. The van der Waals surface area contributed by atoms with Gasteiger partial charge in [-0.15, -0.1) is 6.42 Å². The van der Waals surface area contributed by atoms with Crippen molar-refractivity contribution in [3.05, 3.63) is 29.8 Å². The predicted molar refractivity (Wildman–Crippen MR) is 76.5 cm³/mol. The SMILES string of the molecule is C#CCOc1ccccc1CNC(CC)C(C)C. The summed E-state index contributed by atoms with van der Waals surface area (Å²) in [5.74, 6) is 4.00. The smallest absolute Gasteiger partial charge is 0.148 e. The summed E-state index contributed by atoms with van der Waals surface area (Å²) in [4.78, 5) is 0. The minimum absolute atomic E-state index is 0.318. The molecule has 0 saturated heterocycles. The van der Waals surface area contributed by atoms with E-state index in [4.69, 9.17) is 11.2 Å². The van der Waals surface area contributed by atoms with Gasteiger partial charge in [0.05, 0.1) is 0 Å². The minimum atomic E-state index is 0.318. The van der Waals surface area contributed by atoms with Crippen molar-refractivity contribution in [2.75, 3.05) is 6.61 Å². The Bertz CT molecular complexity index is 392. The molecule has 0 saturated carbocycles. The van der Waals surface area contributed by atoms with Crippen LogP contribution in [-0.4, -0.2) is 12.6 Å². The molecule has 0 aliphatic heterocycles. The van der Waals surface area contributed by atoms with Crippen molar-refractivity contribution in [1.82, 2.24) is 5.32 Å². The standard InChI is InChI=1S/C16H23NO/c1-5-11-18-16-10-8-7-9-14(16)12-17-15(6-2)13(3)4/h1,7-10,13,15,17H,6,11-12H2,2-4H3. The van der Waals surface area contributed by atoms with Crippen molar-refractivity contribution in [2.45, 2.75) is 39.8 Å². The van der Waals surface area contributed by atoms with Crippen LogP contribution in [0, 0.1) is 18.3 Å². The molecular weight excluding hydrogens is 222 g/mol. The molecule has 0 aliphatic rings. The maximum atomic E-state index is 5.54. The summed E-state index contributed by atoms with van der Waals surface area (Å²) >= 11 is 0. The molecule has 0 radical (unpaired) electrons. The first-order valence-corrected chi connectivity index (χ1v) is 6.56. The van der Waals surface area contributed by atoms with Crippen molar-refractivity contribution in [1.29, 1.82) is 0 Å². The molecule has 0 aromatic heterocycles. The number of rotatable bonds is 7. The van der Waals surface area contributed by atoms with E-state index in [2.05, 4.69) is 38.1 Å². The number of benzene rings is 1. The summed E-state index contributed by atoms with van der Waals surface area (Å²) in [6.07, 6.45) is 6.35. The van der Waals surface area contributed by atoms with Crippen LogP contribution in [0.4, 0.5) is 0 Å². The quantitative estimate of drug-likeness (QED) is 0.745. The van der Waals surface area contributed by atoms with Gasteiger partial charge in [0.25, 0.3) is 0 Å². The molecule has 0 fully saturated rings. The van der Waals surface area contributed by atoms with Gasteiger partial charge in [-0.25, -0.2) is 0 Å². The van der Waals surface area contributed by atoms with Crippen LogP contribution in [0.3, 0.4) is 0 Å². The van der Waals surface area contributed by atoms with Gasteiger partial charge in [-0.1, -0.05) is 44.9 Å². The summed E-state index contributed by atoms with van der Waals surface area (Å²) in [7, 11) is 0. The van der Waals surface area contributed by atoms with Gasteiger partial charge in [-0.05, 0) is 18.4 Å². The first-order chi connectivity index (χ1) is 8.69. The van der Waals surface area contributed by atoms with E-state index >= 15 is 0 Å². The number of ether oxygens (including phenoxy) is 1. The Labute approximate surface area is 111 Å². The van der Waals surface area contributed by atoms with Crippen LogP contribution in [-0.2, 0) is 6.54 Å². The first kappa shape index (κ1) is 14.6. The van der Waals surface area contributed by atoms with E-state index in [1.165, 1.54) is 0 Å². The fourth-order valence-corrected chi connectivity index (χ4v) is 2.00. The van der Waals surface area contributed by atoms with Crippen LogP contribution in [0.2, 0.25) is 0 Å². The largest absolute Gasteiger partial charge is 0.481 e. The lowest BCUT2D eigenvalue weighted by Crippen LogP contribution is -2.32. The van der Waals surface area contributed by atoms with E-state index in [9.17, 15) is 0 Å². The van der Waals surface area contributed by atoms with E-state index in [0.29, 0.717) is 18.6 Å². The highest BCUT2D eigenvalue weighted by Gasteiger charge is 2.11. The molecule has 1 N–H and O–H groups in total. The lowest BCUT2D eigenvalue weighted by molar-refractivity contribution is 0.355. The second kappa shape index (κ2) is 7.79. The highest BCUT2D eigenvalue weighted by Crippen LogP contribution is 2.18. The molecule has 1 aromatic rings. The van der Waals surface area contributed by atoms with Crippen LogP contribution in [0.15, 0.2) is 24.3 Å². The molecular formula is C16H23NO. The fourth-order valence-electron chi connectivity index (χ4n) is 2.00. The van der Waals surface area contributed by atoms with Crippen molar-refractivity contribution in [2.24, 2.45) is 5.92 Å². The molecule has 2 heteroatoms. The van der Waals surface area contributed by atoms with Gasteiger partial charge in [0.2, 0.25) is 0 Å².